The molecule has 1 aromatic heterocycles. The Morgan fingerprint density at radius 3 is 2.71 bits per heavy atom. The lowest BCUT2D eigenvalue weighted by Crippen LogP contribution is -2.17. The summed E-state index contributed by atoms with van der Waals surface area (Å²) in [7, 11) is -0.310. The van der Waals surface area contributed by atoms with Crippen molar-refractivity contribution in [3.63, 3.8) is 0 Å². The number of rotatable bonds is 8. The molecule has 1 aliphatic rings. The Bertz CT molecular complexity index is 1190. The van der Waals surface area contributed by atoms with Gasteiger partial charge in [0.15, 0.2) is 6.10 Å². The predicted molar refractivity (Wildman–Crippen MR) is 122 cm³/mol. The molecule has 31 heavy (non-hydrogen) atoms. The van der Waals surface area contributed by atoms with Gasteiger partial charge in [0.2, 0.25) is 10.0 Å². The highest BCUT2D eigenvalue weighted by molar-refractivity contribution is 7.88. The van der Waals surface area contributed by atoms with Crippen molar-refractivity contribution in [3.8, 4) is 22.6 Å². The Morgan fingerprint density at radius 2 is 1.97 bits per heavy atom. The van der Waals surface area contributed by atoms with E-state index in [1.165, 1.54) is 4.88 Å². The lowest BCUT2D eigenvalue weighted by atomic mass is 9.90. The summed E-state index contributed by atoms with van der Waals surface area (Å²) in [6.45, 7) is 0.722. The maximum Gasteiger partial charge on any atom is 0.213 e. The average Bonchev–Trinajstić information content (AvgIpc) is 3.20. The van der Waals surface area contributed by atoms with Crippen LogP contribution in [0.15, 0.2) is 48.5 Å². The van der Waals surface area contributed by atoms with Crippen LogP contribution in [0.25, 0.3) is 11.1 Å². The molecule has 1 aliphatic heterocycles. The third-order valence-corrected chi connectivity index (χ3v) is 7.12. The van der Waals surface area contributed by atoms with Gasteiger partial charge in [0, 0.05) is 29.0 Å². The lowest BCUT2D eigenvalue weighted by molar-refractivity contribution is 0.195. The van der Waals surface area contributed by atoms with Crippen LogP contribution in [0, 0.1) is 0 Å². The summed E-state index contributed by atoms with van der Waals surface area (Å²) < 4.78 is 40.5. The van der Waals surface area contributed by atoms with Crippen LogP contribution < -0.4 is 14.6 Å². The van der Waals surface area contributed by atoms with Crippen molar-refractivity contribution in [1.82, 2.24) is 0 Å². The summed E-state index contributed by atoms with van der Waals surface area (Å²) in [5, 5.41) is 5.29. The van der Waals surface area contributed by atoms with Crippen LogP contribution in [0.2, 0.25) is 0 Å². The first kappa shape index (κ1) is 21.8. The predicted octanol–water partition coefficient (Wildman–Crippen LogP) is 4.27. The number of benzene rings is 2. The van der Waals surface area contributed by atoms with Gasteiger partial charge in [-0.15, -0.1) is 11.3 Å². The molecule has 0 aliphatic carbocycles. The van der Waals surface area contributed by atoms with Gasteiger partial charge in [0.05, 0.1) is 18.4 Å². The minimum absolute atomic E-state index is 0.224. The highest BCUT2D eigenvalue weighted by atomic mass is 32.2. The van der Waals surface area contributed by atoms with Gasteiger partial charge in [0.25, 0.3) is 0 Å². The minimum Gasteiger partial charge on any atom is -0.496 e. The van der Waals surface area contributed by atoms with E-state index in [4.69, 9.17) is 19.3 Å². The van der Waals surface area contributed by atoms with Gasteiger partial charge < -0.3 is 14.2 Å². The largest absolute Gasteiger partial charge is 0.496 e. The average molecular weight is 460 g/mol. The Morgan fingerprint density at radius 1 is 1.13 bits per heavy atom. The maximum absolute atomic E-state index is 11.7. The van der Waals surface area contributed by atoms with Gasteiger partial charge in [-0.05, 0) is 48.2 Å². The van der Waals surface area contributed by atoms with Crippen molar-refractivity contribution in [2.75, 3.05) is 20.8 Å². The number of hydrogen-bond acceptors (Lipinski definition) is 6. The zero-order chi connectivity index (χ0) is 22.0. The number of nitrogens with two attached hydrogens (primary N) is 1. The SMILES string of the molecule is COCCCc1ccc(C2Oc3cccc(OC)c3-c3ccc(CS(N)(=O)=O)cc32)s1. The van der Waals surface area contributed by atoms with Crippen LogP contribution in [0.3, 0.4) is 0 Å². The Kier molecular flexibility index (Phi) is 6.34. The van der Waals surface area contributed by atoms with Crippen LogP contribution in [0.5, 0.6) is 11.5 Å². The van der Waals surface area contributed by atoms with Crippen molar-refractivity contribution in [2.45, 2.75) is 24.7 Å². The Balaban J connectivity index is 1.78. The zero-order valence-corrected chi connectivity index (χ0v) is 19.1. The first-order valence-corrected chi connectivity index (χ1v) is 12.5. The van der Waals surface area contributed by atoms with Crippen molar-refractivity contribution >= 4 is 21.4 Å². The normalized spacial score (nSPS) is 15.1. The summed E-state index contributed by atoms with van der Waals surface area (Å²) in [4.78, 5) is 2.32. The third-order valence-electron chi connectivity index (χ3n) is 5.20. The van der Waals surface area contributed by atoms with E-state index in [9.17, 15) is 8.42 Å². The molecule has 0 spiro atoms. The molecule has 1 unspecified atom stereocenters. The number of sulfonamides is 1. The van der Waals surface area contributed by atoms with Gasteiger partial charge in [0.1, 0.15) is 11.5 Å². The van der Waals surface area contributed by atoms with Crippen LogP contribution in [0.1, 0.15) is 33.4 Å². The molecule has 1 atom stereocenters. The van der Waals surface area contributed by atoms with E-state index >= 15 is 0 Å². The molecule has 4 rings (SSSR count). The quantitative estimate of drug-likeness (QED) is 0.508. The Hall–Kier alpha value is -2.39. The van der Waals surface area contributed by atoms with Crippen molar-refractivity contribution < 1.29 is 22.6 Å². The van der Waals surface area contributed by atoms with Gasteiger partial charge >= 0.3 is 0 Å². The number of methoxy groups -OCH3 is 2. The smallest absolute Gasteiger partial charge is 0.213 e. The van der Waals surface area contributed by atoms with Gasteiger partial charge in [-0.2, -0.15) is 0 Å². The molecule has 2 N–H and O–H groups in total. The summed E-state index contributed by atoms with van der Waals surface area (Å²) in [6, 6.07) is 15.5. The number of hydrogen-bond donors (Lipinski definition) is 1. The number of ether oxygens (including phenoxy) is 3. The summed E-state index contributed by atoms with van der Waals surface area (Å²) >= 11 is 1.70. The van der Waals surface area contributed by atoms with Crippen molar-refractivity contribution in [1.29, 1.82) is 0 Å². The molecular formula is C23H25NO5S2. The summed E-state index contributed by atoms with van der Waals surface area (Å²) in [6.07, 6.45) is 1.56. The fourth-order valence-electron chi connectivity index (χ4n) is 3.89. The second kappa shape index (κ2) is 9.00. The van der Waals surface area contributed by atoms with Gasteiger partial charge in [-0.3, -0.25) is 0 Å². The number of thiophene rings is 1. The molecule has 0 amide bonds. The fourth-order valence-corrected chi connectivity index (χ4v) is 5.63. The molecular weight excluding hydrogens is 434 g/mol. The fraction of sp³-hybridized carbons (Fsp3) is 0.304. The van der Waals surface area contributed by atoms with Gasteiger partial charge in [-0.25, -0.2) is 13.6 Å². The minimum atomic E-state index is -3.64. The topological polar surface area (TPSA) is 87.8 Å². The van der Waals surface area contributed by atoms with Crippen LogP contribution >= 0.6 is 11.3 Å². The van der Waals surface area contributed by atoms with E-state index in [0.29, 0.717) is 11.3 Å². The summed E-state index contributed by atoms with van der Waals surface area (Å²) in [5.41, 5.74) is 3.37. The second-order valence-corrected chi connectivity index (χ2v) is 10.3. The summed E-state index contributed by atoms with van der Waals surface area (Å²) in [5.74, 6) is 1.23. The molecule has 0 radical (unpaired) electrons. The molecule has 8 heteroatoms. The van der Waals surface area contributed by atoms with Crippen LogP contribution in [0.4, 0.5) is 0 Å². The van der Waals surface area contributed by atoms with E-state index in [-0.39, 0.29) is 11.9 Å². The van der Waals surface area contributed by atoms with Crippen molar-refractivity contribution in [2.24, 2.45) is 5.14 Å². The monoisotopic (exact) mass is 459 g/mol. The number of primary sulfonamides is 1. The number of fused-ring (bicyclic) bond motifs is 3. The molecule has 0 bridgehead atoms. The lowest BCUT2D eigenvalue weighted by Gasteiger charge is -2.29. The highest BCUT2D eigenvalue weighted by Crippen LogP contribution is 2.50. The second-order valence-electron chi connectivity index (χ2n) is 7.46. The molecule has 0 fully saturated rings. The van der Waals surface area contributed by atoms with Crippen molar-refractivity contribution in [3.05, 3.63) is 69.4 Å². The van der Waals surface area contributed by atoms with E-state index in [1.54, 1.807) is 31.6 Å². The van der Waals surface area contributed by atoms with E-state index in [0.717, 1.165) is 46.8 Å². The van der Waals surface area contributed by atoms with E-state index in [2.05, 4.69) is 12.1 Å². The maximum atomic E-state index is 11.7. The van der Waals surface area contributed by atoms with Crippen LogP contribution in [-0.4, -0.2) is 29.2 Å². The molecule has 2 aromatic carbocycles. The molecule has 164 valence electrons. The molecule has 0 saturated heterocycles. The first-order chi connectivity index (χ1) is 14.9. The van der Waals surface area contributed by atoms with Gasteiger partial charge in [-0.1, -0.05) is 24.3 Å². The molecule has 2 heterocycles. The zero-order valence-electron chi connectivity index (χ0n) is 17.5. The molecule has 0 saturated carbocycles. The van der Waals surface area contributed by atoms with Crippen LogP contribution in [-0.2, 0) is 26.9 Å². The van der Waals surface area contributed by atoms with E-state index < -0.39 is 10.0 Å². The first-order valence-electron chi connectivity index (χ1n) is 9.94. The molecule has 3 aromatic rings. The Labute approximate surface area is 186 Å². The third kappa shape index (κ3) is 4.77. The highest BCUT2D eigenvalue weighted by Gasteiger charge is 2.31. The van der Waals surface area contributed by atoms with E-state index in [1.807, 2.05) is 30.3 Å². The number of aryl methyl sites for hydroxylation is 1. The standard InChI is InChI=1S/C23H25NO5S2/c1-27-12-4-5-16-9-11-21(30-16)23-18-13-15(14-31(24,25)26)8-10-17(18)22-19(28-2)6-3-7-20(22)29-23/h3,6-11,13,23H,4-5,12,14H2,1-2H3,(H2,24,25,26). The molecule has 6 nitrogen and oxygen atoms in total.